The Morgan fingerprint density at radius 3 is 3.11 bits per heavy atom. The number of aromatic nitrogens is 6. The predicted octanol–water partition coefficient (Wildman–Crippen LogP) is -0.0704. The van der Waals surface area contributed by atoms with Crippen molar-refractivity contribution in [3.8, 4) is 0 Å². The summed E-state index contributed by atoms with van der Waals surface area (Å²) in [5.41, 5.74) is 0. The van der Waals surface area contributed by atoms with Crippen LogP contribution in [0.3, 0.4) is 0 Å². The number of fused-ring (bicyclic) bond motifs is 1. The third-order valence-corrected chi connectivity index (χ3v) is 3.58. The first-order chi connectivity index (χ1) is 9.31. The van der Waals surface area contributed by atoms with Gasteiger partial charge in [-0.2, -0.15) is 0 Å². The fourth-order valence-electron chi connectivity index (χ4n) is 2.29. The second-order valence-corrected chi connectivity index (χ2v) is 4.99. The van der Waals surface area contributed by atoms with Crippen molar-refractivity contribution in [2.45, 2.75) is 31.8 Å². The molecule has 8 heteroatoms. The second kappa shape index (κ2) is 3.87. The third kappa shape index (κ3) is 1.79. The van der Waals surface area contributed by atoms with Crippen LogP contribution in [0.5, 0.6) is 0 Å². The minimum absolute atomic E-state index is 0.141. The van der Waals surface area contributed by atoms with Crippen molar-refractivity contribution < 1.29 is 4.79 Å². The lowest BCUT2D eigenvalue weighted by molar-refractivity contribution is 0.0695. The Morgan fingerprint density at radius 1 is 1.37 bits per heavy atom. The summed E-state index contributed by atoms with van der Waals surface area (Å²) in [6.45, 7) is 1.82. The number of hydrogen-bond donors (Lipinski definition) is 1. The van der Waals surface area contributed by atoms with Gasteiger partial charge in [-0.3, -0.25) is 9.89 Å². The van der Waals surface area contributed by atoms with Crippen LogP contribution in [-0.4, -0.2) is 47.3 Å². The summed E-state index contributed by atoms with van der Waals surface area (Å²) in [4.78, 5) is 18.3. The van der Waals surface area contributed by atoms with Gasteiger partial charge < -0.3 is 9.47 Å². The van der Waals surface area contributed by atoms with Crippen LogP contribution in [0.2, 0.25) is 0 Å². The quantitative estimate of drug-likeness (QED) is 0.815. The average molecular weight is 259 g/mol. The Morgan fingerprint density at radius 2 is 2.26 bits per heavy atom. The van der Waals surface area contributed by atoms with Gasteiger partial charge in [0.15, 0.2) is 5.82 Å². The van der Waals surface area contributed by atoms with Crippen molar-refractivity contribution in [3.63, 3.8) is 0 Å². The van der Waals surface area contributed by atoms with E-state index in [2.05, 4.69) is 25.4 Å². The van der Waals surface area contributed by atoms with Crippen molar-refractivity contribution in [2.75, 3.05) is 6.54 Å². The largest absolute Gasteiger partial charge is 0.327 e. The minimum atomic E-state index is -0.141. The second-order valence-electron chi connectivity index (χ2n) is 4.99. The number of aromatic amines is 1. The van der Waals surface area contributed by atoms with Crippen molar-refractivity contribution >= 4 is 5.91 Å². The average Bonchev–Trinajstić information content (AvgIpc) is 3.00. The van der Waals surface area contributed by atoms with E-state index in [4.69, 9.17) is 0 Å². The molecule has 1 fully saturated rings. The standard InChI is InChI=1S/C11H13N7O/c19-11(10-13-9(15-16-10)7-1-2-7)17-3-4-18-6-12-14-8(18)5-17/h6-7H,1-5H2,(H,13,15,16). The fraction of sp³-hybridized carbons (Fsp3) is 0.545. The summed E-state index contributed by atoms with van der Waals surface area (Å²) in [6, 6.07) is 0. The number of amides is 1. The number of rotatable bonds is 2. The lowest BCUT2D eigenvalue weighted by Gasteiger charge is -2.25. The van der Waals surface area contributed by atoms with E-state index >= 15 is 0 Å². The molecule has 4 rings (SSSR count). The Balaban J connectivity index is 1.54. The maximum Gasteiger partial charge on any atom is 0.293 e. The minimum Gasteiger partial charge on any atom is -0.327 e. The van der Waals surface area contributed by atoms with Gasteiger partial charge in [-0.05, 0) is 12.8 Å². The lowest BCUT2D eigenvalue weighted by atomic mass is 10.3. The number of hydrogen-bond acceptors (Lipinski definition) is 5. The van der Waals surface area contributed by atoms with Crippen LogP contribution in [0.15, 0.2) is 6.33 Å². The smallest absolute Gasteiger partial charge is 0.293 e. The Labute approximate surface area is 108 Å². The van der Waals surface area contributed by atoms with Crippen LogP contribution in [0, 0.1) is 0 Å². The summed E-state index contributed by atoms with van der Waals surface area (Å²) >= 11 is 0. The first-order valence-corrected chi connectivity index (χ1v) is 6.39. The van der Waals surface area contributed by atoms with Gasteiger partial charge in [0.2, 0.25) is 5.82 Å². The molecule has 0 unspecified atom stereocenters. The summed E-state index contributed by atoms with van der Waals surface area (Å²) in [5, 5.41) is 14.7. The van der Waals surface area contributed by atoms with Crippen molar-refractivity contribution in [1.29, 1.82) is 0 Å². The molecule has 0 radical (unpaired) electrons. The van der Waals surface area contributed by atoms with Crippen molar-refractivity contribution in [3.05, 3.63) is 23.8 Å². The van der Waals surface area contributed by atoms with E-state index in [1.165, 1.54) is 0 Å². The maximum atomic E-state index is 12.3. The van der Waals surface area contributed by atoms with Gasteiger partial charge >= 0.3 is 0 Å². The Bertz CT molecular complexity index is 627. The van der Waals surface area contributed by atoms with Crippen LogP contribution in [0.25, 0.3) is 0 Å². The van der Waals surface area contributed by atoms with Gasteiger partial charge in [0.1, 0.15) is 12.2 Å². The highest BCUT2D eigenvalue weighted by molar-refractivity contribution is 5.90. The van der Waals surface area contributed by atoms with Crippen LogP contribution in [-0.2, 0) is 13.1 Å². The topological polar surface area (TPSA) is 92.6 Å². The summed E-state index contributed by atoms with van der Waals surface area (Å²) in [7, 11) is 0. The van der Waals surface area contributed by atoms with Gasteiger partial charge in [0.25, 0.3) is 5.91 Å². The molecule has 2 aromatic heterocycles. The Kier molecular flexibility index (Phi) is 2.17. The molecule has 1 N–H and O–H groups in total. The Hall–Kier alpha value is -2.25. The molecule has 0 bridgehead atoms. The van der Waals surface area contributed by atoms with Crippen molar-refractivity contribution in [2.24, 2.45) is 0 Å². The first kappa shape index (κ1) is 10.7. The van der Waals surface area contributed by atoms with Gasteiger partial charge in [-0.1, -0.05) is 0 Å². The summed E-state index contributed by atoms with van der Waals surface area (Å²) in [5.74, 6) is 2.23. The summed E-state index contributed by atoms with van der Waals surface area (Å²) < 4.78 is 1.96. The van der Waals surface area contributed by atoms with E-state index in [0.29, 0.717) is 25.6 Å². The van der Waals surface area contributed by atoms with Crippen LogP contribution >= 0.6 is 0 Å². The zero-order valence-corrected chi connectivity index (χ0v) is 10.3. The molecular formula is C11H13N7O. The van der Waals surface area contributed by atoms with Gasteiger partial charge in [-0.25, -0.2) is 4.98 Å². The predicted molar refractivity (Wildman–Crippen MR) is 63.1 cm³/mol. The van der Waals surface area contributed by atoms with E-state index in [1.807, 2.05) is 4.57 Å². The van der Waals surface area contributed by atoms with Crippen molar-refractivity contribution in [1.82, 2.24) is 34.8 Å². The van der Waals surface area contributed by atoms with Crippen LogP contribution < -0.4 is 0 Å². The first-order valence-electron chi connectivity index (χ1n) is 6.39. The zero-order valence-electron chi connectivity index (χ0n) is 10.3. The molecule has 0 spiro atoms. The molecule has 1 aliphatic carbocycles. The normalized spacial score (nSPS) is 18.4. The molecule has 98 valence electrons. The molecule has 3 heterocycles. The molecule has 2 aromatic rings. The molecule has 0 saturated heterocycles. The molecule has 2 aliphatic rings. The molecule has 1 saturated carbocycles. The molecule has 8 nitrogen and oxygen atoms in total. The van der Waals surface area contributed by atoms with E-state index in [1.54, 1.807) is 11.2 Å². The van der Waals surface area contributed by atoms with Gasteiger partial charge in [0, 0.05) is 19.0 Å². The summed E-state index contributed by atoms with van der Waals surface area (Å²) in [6.07, 6.45) is 3.96. The molecular weight excluding hydrogens is 246 g/mol. The highest BCUT2D eigenvalue weighted by Gasteiger charge is 2.30. The van der Waals surface area contributed by atoms with E-state index in [0.717, 1.165) is 24.5 Å². The molecule has 0 aromatic carbocycles. The molecule has 19 heavy (non-hydrogen) atoms. The number of H-pyrrole nitrogens is 1. The molecule has 0 atom stereocenters. The van der Waals surface area contributed by atoms with Crippen LogP contribution in [0.1, 0.15) is 41.0 Å². The number of nitrogens with zero attached hydrogens (tertiary/aromatic N) is 6. The van der Waals surface area contributed by atoms with Crippen LogP contribution in [0.4, 0.5) is 0 Å². The fourth-order valence-corrected chi connectivity index (χ4v) is 2.29. The maximum absolute atomic E-state index is 12.3. The van der Waals surface area contributed by atoms with Gasteiger partial charge in [0.05, 0.1) is 6.54 Å². The third-order valence-electron chi connectivity index (χ3n) is 3.58. The van der Waals surface area contributed by atoms with Gasteiger partial charge in [-0.15, -0.1) is 15.3 Å². The number of carbonyl (C=O) groups excluding carboxylic acids is 1. The molecule has 1 amide bonds. The van der Waals surface area contributed by atoms with E-state index < -0.39 is 0 Å². The highest BCUT2D eigenvalue weighted by Crippen LogP contribution is 2.37. The SMILES string of the molecule is O=C(c1n[nH]c(C2CC2)n1)N1CCn2cnnc2C1. The highest BCUT2D eigenvalue weighted by atomic mass is 16.2. The monoisotopic (exact) mass is 259 g/mol. The molecule has 1 aliphatic heterocycles. The zero-order chi connectivity index (χ0) is 12.8. The van der Waals surface area contributed by atoms with E-state index in [-0.39, 0.29) is 11.7 Å². The number of carbonyl (C=O) groups is 1. The van der Waals surface area contributed by atoms with E-state index in [9.17, 15) is 4.79 Å². The lowest BCUT2D eigenvalue weighted by Crippen LogP contribution is -2.38. The number of nitrogens with one attached hydrogen (secondary N) is 1.